The van der Waals surface area contributed by atoms with Gasteiger partial charge in [-0.05, 0) is 48.4 Å². The second-order valence-corrected chi connectivity index (χ2v) is 9.67. The first-order valence-corrected chi connectivity index (χ1v) is 10.9. The SMILES string of the molecule is CC(C)(C)[C@@]1(c2cccc(OCc3ccccc3F)c2)CC[C@]2(CCNC2=O)N1C(=O)O. The zero-order chi connectivity index (χ0) is 23.1. The molecule has 2 aromatic carbocycles. The van der Waals surface area contributed by atoms with Crippen molar-refractivity contribution >= 4 is 12.0 Å². The molecule has 170 valence electrons. The number of carboxylic acid groups (broad SMARTS) is 1. The van der Waals surface area contributed by atoms with E-state index in [0.29, 0.717) is 37.1 Å². The van der Waals surface area contributed by atoms with Crippen LogP contribution in [0.2, 0.25) is 0 Å². The molecule has 0 radical (unpaired) electrons. The van der Waals surface area contributed by atoms with Gasteiger partial charge in [0, 0.05) is 12.1 Å². The van der Waals surface area contributed by atoms with Crippen LogP contribution in [0.4, 0.5) is 9.18 Å². The maximum absolute atomic E-state index is 14.0. The van der Waals surface area contributed by atoms with Crippen LogP contribution in [0.25, 0.3) is 0 Å². The highest BCUT2D eigenvalue weighted by atomic mass is 19.1. The number of halogens is 1. The van der Waals surface area contributed by atoms with Crippen molar-refractivity contribution in [3.05, 3.63) is 65.5 Å². The largest absolute Gasteiger partial charge is 0.489 e. The maximum Gasteiger partial charge on any atom is 0.408 e. The summed E-state index contributed by atoms with van der Waals surface area (Å²) in [6.45, 7) is 6.54. The minimum atomic E-state index is -1.10. The van der Waals surface area contributed by atoms with Crippen LogP contribution < -0.4 is 10.1 Å². The Morgan fingerprint density at radius 3 is 2.53 bits per heavy atom. The summed E-state index contributed by atoms with van der Waals surface area (Å²) in [5.41, 5.74) is -1.27. The summed E-state index contributed by atoms with van der Waals surface area (Å²) in [5, 5.41) is 13.2. The number of hydrogen-bond donors (Lipinski definition) is 2. The van der Waals surface area contributed by atoms with E-state index in [9.17, 15) is 19.1 Å². The minimum Gasteiger partial charge on any atom is -0.489 e. The highest BCUT2D eigenvalue weighted by Crippen LogP contribution is 2.58. The lowest BCUT2D eigenvalue weighted by Gasteiger charge is -2.50. The van der Waals surface area contributed by atoms with E-state index in [1.807, 2.05) is 39.0 Å². The molecule has 1 spiro atoms. The molecule has 6 nitrogen and oxygen atoms in total. The molecule has 2 heterocycles. The molecule has 7 heteroatoms. The molecule has 32 heavy (non-hydrogen) atoms. The number of hydrogen-bond acceptors (Lipinski definition) is 3. The number of likely N-dealkylation sites (tertiary alicyclic amines) is 1. The van der Waals surface area contributed by atoms with E-state index < -0.39 is 22.6 Å². The van der Waals surface area contributed by atoms with E-state index in [2.05, 4.69) is 5.32 Å². The standard InChI is InChI=1S/C25H29FN2O4/c1-23(2,3)25(12-11-24(28(25)22(30)31)13-14-27-21(24)29)18-8-6-9-19(15-18)32-16-17-7-4-5-10-20(17)26/h4-10,15H,11-14,16H2,1-3H3,(H,27,29)(H,30,31)/t24-,25+/m1/s1. The molecule has 0 saturated carbocycles. The highest BCUT2D eigenvalue weighted by molar-refractivity contribution is 5.92. The number of carbonyl (C=O) groups is 2. The van der Waals surface area contributed by atoms with Crippen LogP contribution in [0.1, 0.15) is 51.2 Å². The molecule has 2 aromatic rings. The number of nitrogens with one attached hydrogen (secondary N) is 1. The smallest absolute Gasteiger partial charge is 0.408 e. The third-order valence-electron chi connectivity index (χ3n) is 7.05. The molecule has 2 amide bonds. The molecule has 2 fully saturated rings. The molecule has 2 N–H and O–H groups in total. The Hall–Kier alpha value is -3.09. The lowest BCUT2D eigenvalue weighted by Crippen LogP contribution is -2.62. The number of ether oxygens (including phenoxy) is 1. The Labute approximate surface area is 187 Å². The van der Waals surface area contributed by atoms with Gasteiger partial charge >= 0.3 is 6.09 Å². The van der Waals surface area contributed by atoms with Crippen molar-refractivity contribution in [2.45, 2.75) is 57.7 Å². The minimum absolute atomic E-state index is 0.0631. The van der Waals surface area contributed by atoms with Crippen molar-refractivity contribution in [1.82, 2.24) is 10.2 Å². The second kappa shape index (κ2) is 7.80. The quantitative estimate of drug-likeness (QED) is 0.724. The Balaban J connectivity index is 1.75. The highest BCUT2D eigenvalue weighted by Gasteiger charge is 2.66. The lowest BCUT2D eigenvalue weighted by atomic mass is 9.67. The molecule has 0 unspecified atom stereocenters. The molecule has 4 rings (SSSR count). The van der Waals surface area contributed by atoms with Crippen LogP contribution in [0.3, 0.4) is 0 Å². The van der Waals surface area contributed by atoms with E-state index in [1.54, 1.807) is 24.3 Å². The fraction of sp³-hybridized carbons (Fsp3) is 0.440. The van der Waals surface area contributed by atoms with Gasteiger partial charge in [0.1, 0.15) is 23.7 Å². The van der Waals surface area contributed by atoms with Gasteiger partial charge in [0.15, 0.2) is 0 Å². The van der Waals surface area contributed by atoms with Crippen molar-refractivity contribution in [3.63, 3.8) is 0 Å². The van der Waals surface area contributed by atoms with E-state index in [-0.39, 0.29) is 18.3 Å². The molecule has 2 aliphatic rings. The van der Waals surface area contributed by atoms with Gasteiger partial charge in [0.05, 0.1) is 5.54 Å². The Bertz CT molecular complexity index is 1050. The summed E-state index contributed by atoms with van der Waals surface area (Å²) in [6.07, 6.45) is 0.335. The van der Waals surface area contributed by atoms with Crippen molar-refractivity contribution in [1.29, 1.82) is 0 Å². The normalized spacial score (nSPS) is 25.2. The molecular weight excluding hydrogens is 411 g/mol. The van der Waals surface area contributed by atoms with E-state index in [1.165, 1.54) is 11.0 Å². The Morgan fingerprint density at radius 1 is 1.16 bits per heavy atom. The summed E-state index contributed by atoms with van der Waals surface area (Å²) in [5.74, 6) is -0.0358. The maximum atomic E-state index is 14.0. The van der Waals surface area contributed by atoms with Crippen molar-refractivity contribution in [3.8, 4) is 5.75 Å². The first-order chi connectivity index (χ1) is 15.1. The molecule has 0 aromatic heterocycles. The van der Waals surface area contributed by atoms with Gasteiger partial charge in [-0.3, -0.25) is 9.69 Å². The van der Waals surface area contributed by atoms with Crippen LogP contribution in [0.15, 0.2) is 48.5 Å². The molecule has 0 aliphatic carbocycles. The van der Waals surface area contributed by atoms with E-state index in [0.717, 1.165) is 5.56 Å². The predicted molar refractivity (Wildman–Crippen MR) is 118 cm³/mol. The summed E-state index contributed by atoms with van der Waals surface area (Å²) in [4.78, 5) is 26.9. The van der Waals surface area contributed by atoms with Crippen molar-refractivity contribution < 1.29 is 23.8 Å². The van der Waals surface area contributed by atoms with Crippen LogP contribution >= 0.6 is 0 Å². The number of rotatable bonds is 4. The summed E-state index contributed by atoms with van der Waals surface area (Å²) >= 11 is 0. The number of nitrogens with zero attached hydrogens (tertiary/aromatic N) is 1. The fourth-order valence-electron chi connectivity index (χ4n) is 5.47. The van der Waals surface area contributed by atoms with Gasteiger partial charge in [0.25, 0.3) is 0 Å². The molecule has 0 bridgehead atoms. The molecule has 2 atom stereocenters. The van der Waals surface area contributed by atoms with Crippen LogP contribution in [-0.2, 0) is 16.9 Å². The third-order valence-corrected chi connectivity index (χ3v) is 7.05. The summed E-state index contributed by atoms with van der Waals surface area (Å²) in [7, 11) is 0. The van der Waals surface area contributed by atoms with Crippen molar-refractivity contribution in [2.75, 3.05) is 6.54 Å². The third kappa shape index (κ3) is 3.31. The molecule has 2 aliphatic heterocycles. The Kier molecular flexibility index (Phi) is 5.39. The van der Waals surface area contributed by atoms with Gasteiger partial charge < -0.3 is 15.2 Å². The van der Waals surface area contributed by atoms with Gasteiger partial charge in [-0.2, -0.15) is 0 Å². The second-order valence-electron chi connectivity index (χ2n) is 9.67. The zero-order valence-electron chi connectivity index (χ0n) is 18.7. The van der Waals surface area contributed by atoms with Crippen LogP contribution in [0, 0.1) is 11.2 Å². The predicted octanol–water partition coefficient (Wildman–Crippen LogP) is 4.68. The number of amides is 2. The van der Waals surface area contributed by atoms with Crippen LogP contribution in [0.5, 0.6) is 5.75 Å². The fourth-order valence-corrected chi connectivity index (χ4v) is 5.47. The summed E-state index contributed by atoms with van der Waals surface area (Å²) in [6, 6.07) is 13.7. The average molecular weight is 441 g/mol. The van der Waals surface area contributed by atoms with Crippen LogP contribution in [-0.4, -0.2) is 34.1 Å². The lowest BCUT2D eigenvalue weighted by molar-refractivity contribution is -0.131. The van der Waals surface area contributed by atoms with Gasteiger partial charge in [-0.25, -0.2) is 9.18 Å². The number of benzene rings is 2. The van der Waals surface area contributed by atoms with Gasteiger partial charge in [-0.1, -0.05) is 51.1 Å². The first-order valence-electron chi connectivity index (χ1n) is 10.9. The molecular formula is C25H29FN2O4. The van der Waals surface area contributed by atoms with E-state index >= 15 is 0 Å². The van der Waals surface area contributed by atoms with Gasteiger partial charge in [0.2, 0.25) is 5.91 Å². The first kappa shape index (κ1) is 22.1. The molecule has 2 saturated heterocycles. The zero-order valence-corrected chi connectivity index (χ0v) is 18.7. The van der Waals surface area contributed by atoms with Crippen molar-refractivity contribution in [2.24, 2.45) is 5.41 Å². The van der Waals surface area contributed by atoms with E-state index in [4.69, 9.17) is 4.74 Å². The topological polar surface area (TPSA) is 78.9 Å². The number of carbonyl (C=O) groups excluding carboxylic acids is 1. The van der Waals surface area contributed by atoms with Gasteiger partial charge in [-0.15, -0.1) is 0 Å². The Morgan fingerprint density at radius 2 is 1.91 bits per heavy atom. The monoisotopic (exact) mass is 440 g/mol. The average Bonchev–Trinajstić information content (AvgIpc) is 3.29. The summed E-state index contributed by atoms with van der Waals surface area (Å²) < 4.78 is 19.9.